The molecule has 4 rings (SSSR count). The van der Waals surface area contributed by atoms with Gasteiger partial charge in [0.05, 0.1) is 12.2 Å². The predicted octanol–water partition coefficient (Wildman–Crippen LogP) is 6.89. The fourth-order valence-corrected chi connectivity index (χ4v) is 5.46. The van der Waals surface area contributed by atoms with Crippen molar-refractivity contribution in [1.29, 1.82) is 0 Å². The van der Waals surface area contributed by atoms with Crippen molar-refractivity contribution < 1.29 is 22.7 Å². The zero-order chi connectivity index (χ0) is 27.0. The molecule has 3 aromatic rings. The van der Waals surface area contributed by atoms with Gasteiger partial charge < -0.3 is 19.9 Å². The highest BCUT2D eigenvalue weighted by atomic mass is 35.5. The van der Waals surface area contributed by atoms with Crippen molar-refractivity contribution in [3.05, 3.63) is 69.3 Å². The lowest BCUT2D eigenvalue weighted by Crippen LogP contribution is -2.43. The number of benzene rings is 2. The van der Waals surface area contributed by atoms with E-state index in [9.17, 15) is 18.0 Å². The number of ether oxygens (including phenoxy) is 1. The molecule has 204 valence electrons. The van der Waals surface area contributed by atoms with Crippen molar-refractivity contribution in [1.82, 2.24) is 15.2 Å². The number of hydrogen-bond donors (Lipinski definition) is 2. The van der Waals surface area contributed by atoms with Crippen LogP contribution in [0.2, 0.25) is 5.02 Å². The minimum absolute atomic E-state index is 0.152. The van der Waals surface area contributed by atoms with Crippen LogP contribution in [0.15, 0.2) is 58.9 Å². The molecule has 0 atom stereocenters. The van der Waals surface area contributed by atoms with E-state index in [2.05, 4.69) is 15.4 Å². The quantitative estimate of drug-likeness (QED) is 0.277. The molecule has 11 heteroatoms. The second-order valence-corrected chi connectivity index (χ2v) is 10.4. The van der Waals surface area contributed by atoms with E-state index in [1.54, 1.807) is 12.1 Å². The summed E-state index contributed by atoms with van der Waals surface area (Å²) in [5.74, 6) is -0.274. The number of alkyl halides is 3. The third kappa shape index (κ3) is 8.52. The van der Waals surface area contributed by atoms with Gasteiger partial charge in [-0.15, -0.1) is 24.5 Å². The van der Waals surface area contributed by atoms with Crippen molar-refractivity contribution in [3.63, 3.8) is 0 Å². The minimum Gasteiger partial charge on any atom is -0.406 e. The van der Waals surface area contributed by atoms with E-state index in [4.69, 9.17) is 16.6 Å². The van der Waals surface area contributed by atoms with Gasteiger partial charge in [0.15, 0.2) is 4.80 Å². The maximum Gasteiger partial charge on any atom is 0.573 e. The van der Waals surface area contributed by atoms with E-state index in [0.717, 1.165) is 47.3 Å². The summed E-state index contributed by atoms with van der Waals surface area (Å²) in [5, 5.41) is 8.57. The summed E-state index contributed by atoms with van der Waals surface area (Å²) in [6.07, 6.45) is 1.48. The molecule has 1 heterocycles. The molecule has 0 unspecified atom stereocenters. The van der Waals surface area contributed by atoms with Crippen molar-refractivity contribution in [3.8, 4) is 17.0 Å². The van der Waals surface area contributed by atoms with Gasteiger partial charge in [0.2, 0.25) is 0 Å². The Labute approximate surface area is 228 Å². The van der Waals surface area contributed by atoms with E-state index in [1.807, 2.05) is 34.2 Å². The number of carbonyl (C=O) groups is 1. The predicted molar refractivity (Wildman–Crippen MR) is 143 cm³/mol. The summed E-state index contributed by atoms with van der Waals surface area (Å²) in [7, 11) is 0. The Morgan fingerprint density at radius 1 is 1.08 bits per heavy atom. The van der Waals surface area contributed by atoms with Crippen molar-refractivity contribution in [2.75, 3.05) is 6.54 Å². The van der Waals surface area contributed by atoms with E-state index < -0.39 is 6.36 Å². The first-order valence-corrected chi connectivity index (χ1v) is 13.9. The Morgan fingerprint density at radius 2 is 1.79 bits per heavy atom. The van der Waals surface area contributed by atoms with Crippen LogP contribution in [0.1, 0.15) is 44.1 Å². The molecule has 1 fully saturated rings. The molecular weight excluding hydrogens is 537 g/mol. The molecule has 6 nitrogen and oxygen atoms in total. The standard InChI is InChI=1S/C27H30ClF3N4O2S/c28-21-11-7-19(8-12-21)17-33-26-35(16-4-15-32-25(36)34-22-5-2-1-3-6-22)24(18-38-26)20-9-13-23(14-10-20)37-27(29,30)31/h7-14,18,22H,1-6,15-17H2,(H2,32,34,36)/b33-26-. The number of rotatable bonds is 9. The normalized spacial score (nSPS) is 14.9. The fourth-order valence-electron chi connectivity index (χ4n) is 4.40. The lowest BCUT2D eigenvalue weighted by Gasteiger charge is -2.22. The Bertz CT molecular complexity index is 1250. The molecule has 1 aromatic heterocycles. The summed E-state index contributed by atoms with van der Waals surface area (Å²) in [6.45, 7) is 1.51. The average molecular weight is 567 g/mol. The molecule has 0 radical (unpaired) electrons. The van der Waals surface area contributed by atoms with Crippen molar-refractivity contribution in [2.24, 2.45) is 4.99 Å². The fraction of sp³-hybridized carbons (Fsp3) is 0.407. The number of nitrogens with one attached hydrogen (secondary N) is 2. The monoisotopic (exact) mass is 566 g/mol. The van der Waals surface area contributed by atoms with Gasteiger partial charge in [-0.2, -0.15) is 0 Å². The highest BCUT2D eigenvalue weighted by molar-refractivity contribution is 7.07. The molecule has 1 aliphatic rings. The van der Waals surface area contributed by atoms with Gasteiger partial charge in [-0.05, 0) is 66.8 Å². The second-order valence-electron chi connectivity index (χ2n) is 9.16. The van der Waals surface area contributed by atoms with Crippen LogP contribution < -0.4 is 20.2 Å². The molecule has 2 aromatic carbocycles. The third-order valence-electron chi connectivity index (χ3n) is 6.28. The summed E-state index contributed by atoms with van der Waals surface area (Å²) in [5.41, 5.74) is 2.58. The molecule has 38 heavy (non-hydrogen) atoms. The number of hydrogen-bond acceptors (Lipinski definition) is 4. The van der Waals surface area contributed by atoms with Crippen LogP contribution in [0.3, 0.4) is 0 Å². The van der Waals surface area contributed by atoms with Crippen LogP contribution in [0, 0.1) is 0 Å². The number of urea groups is 1. The molecule has 0 spiro atoms. The summed E-state index contributed by atoms with van der Waals surface area (Å²) in [4.78, 5) is 17.8. The average Bonchev–Trinajstić information content (AvgIpc) is 3.29. The Morgan fingerprint density at radius 3 is 2.47 bits per heavy atom. The van der Waals surface area contributed by atoms with Crippen molar-refractivity contribution in [2.45, 2.75) is 64.0 Å². The molecule has 0 bridgehead atoms. The molecule has 0 saturated heterocycles. The molecule has 1 saturated carbocycles. The van der Waals surface area contributed by atoms with Crippen molar-refractivity contribution >= 4 is 29.0 Å². The number of aromatic nitrogens is 1. The Balaban J connectivity index is 1.46. The zero-order valence-electron chi connectivity index (χ0n) is 20.8. The number of carbonyl (C=O) groups excluding carboxylic acids is 1. The topological polar surface area (TPSA) is 67.7 Å². The van der Waals surface area contributed by atoms with Crippen LogP contribution in [0.5, 0.6) is 5.75 Å². The summed E-state index contributed by atoms with van der Waals surface area (Å²) in [6, 6.07) is 13.3. The zero-order valence-corrected chi connectivity index (χ0v) is 22.3. The van der Waals surface area contributed by atoms with Crippen LogP contribution >= 0.6 is 22.9 Å². The highest BCUT2D eigenvalue weighted by Gasteiger charge is 2.31. The number of nitrogens with zero attached hydrogens (tertiary/aromatic N) is 2. The second kappa shape index (κ2) is 13.2. The third-order valence-corrected chi connectivity index (χ3v) is 7.43. The Hall–Kier alpha value is -2.98. The maximum absolute atomic E-state index is 12.6. The van der Waals surface area contributed by atoms with E-state index in [1.165, 1.54) is 29.9 Å². The number of halogens is 4. The van der Waals surface area contributed by atoms with Crippen LogP contribution in [0.25, 0.3) is 11.3 Å². The molecule has 2 N–H and O–H groups in total. The largest absolute Gasteiger partial charge is 0.573 e. The van der Waals surface area contributed by atoms with Crippen LogP contribution in [0.4, 0.5) is 18.0 Å². The van der Waals surface area contributed by atoms with E-state index in [0.29, 0.717) is 31.1 Å². The van der Waals surface area contributed by atoms with E-state index in [-0.39, 0.29) is 17.8 Å². The molecular formula is C27H30ClF3N4O2S. The van der Waals surface area contributed by atoms with Gasteiger partial charge >= 0.3 is 12.4 Å². The SMILES string of the molecule is O=C(NCCCn1c(-c2ccc(OC(F)(F)F)cc2)cs/c1=N\Cc1ccc(Cl)cc1)NC1CCCCC1. The smallest absolute Gasteiger partial charge is 0.406 e. The van der Waals surface area contributed by atoms with Gasteiger partial charge in [-0.25, -0.2) is 4.79 Å². The summed E-state index contributed by atoms with van der Waals surface area (Å²) < 4.78 is 43.7. The first-order valence-electron chi connectivity index (χ1n) is 12.6. The maximum atomic E-state index is 12.6. The first kappa shape index (κ1) is 28.0. The molecule has 2 amide bonds. The lowest BCUT2D eigenvalue weighted by molar-refractivity contribution is -0.274. The number of amides is 2. The molecule has 0 aliphatic heterocycles. The molecule has 1 aliphatic carbocycles. The minimum atomic E-state index is -4.74. The highest BCUT2D eigenvalue weighted by Crippen LogP contribution is 2.27. The van der Waals surface area contributed by atoms with Gasteiger partial charge in [-0.1, -0.05) is 43.0 Å². The van der Waals surface area contributed by atoms with Gasteiger partial charge in [0.1, 0.15) is 5.75 Å². The number of thiazole rings is 1. The van der Waals surface area contributed by atoms with Gasteiger partial charge in [-0.3, -0.25) is 4.99 Å². The first-order chi connectivity index (χ1) is 18.3. The Kier molecular flexibility index (Phi) is 9.74. The van der Waals surface area contributed by atoms with Crippen LogP contribution in [-0.2, 0) is 13.1 Å². The van der Waals surface area contributed by atoms with Gasteiger partial charge in [0.25, 0.3) is 0 Å². The van der Waals surface area contributed by atoms with Crippen LogP contribution in [-0.4, -0.2) is 29.5 Å². The van der Waals surface area contributed by atoms with Gasteiger partial charge in [0, 0.05) is 29.5 Å². The van der Waals surface area contributed by atoms with E-state index >= 15 is 0 Å². The lowest BCUT2D eigenvalue weighted by atomic mass is 9.96. The summed E-state index contributed by atoms with van der Waals surface area (Å²) >= 11 is 7.44.